The maximum atomic E-state index is 11.9. The van der Waals surface area contributed by atoms with Gasteiger partial charge in [0.1, 0.15) is 0 Å². The number of carbonyl (C=O) groups is 1. The van der Waals surface area contributed by atoms with Crippen LogP contribution in [0.1, 0.15) is 55.1 Å². The number of ether oxygens (including phenoxy) is 1. The molecule has 0 atom stereocenters. The summed E-state index contributed by atoms with van der Waals surface area (Å²) < 4.78 is 33.3. The molecule has 2 aromatic rings. The molecule has 0 amide bonds. The highest BCUT2D eigenvalue weighted by atomic mass is 32.2. The number of aryl methyl sites for hydroxylation is 2. The second-order valence-electron chi connectivity index (χ2n) is 9.54. The first-order chi connectivity index (χ1) is 18.2. The van der Waals surface area contributed by atoms with Gasteiger partial charge in [-0.25, -0.2) is 4.99 Å². The van der Waals surface area contributed by atoms with E-state index in [4.69, 9.17) is 9.73 Å². The SMILES string of the molecule is CCOC(=O)CCc1cc(CCCS(=O)(=O)OC)c(C=C2N=C(c3ccccc3)C=C2CCCN(C)C)[nH]1. The molecule has 0 spiro atoms. The van der Waals surface area contributed by atoms with Crippen molar-refractivity contribution >= 4 is 27.9 Å². The van der Waals surface area contributed by atoms with E-state index in [0.717, 1.165) is 53.3 Å². The summed E-state index contributed by atoms with van der Waals surface area (Å²) >= 11 is 0. The molecule has 1 aromatic heterocycles. The molecule has 38 heavy (non-hydrogen) atoms. The van der Waals surface area contributed by atoms with Gasteiger partial charge in [-0.3, -0.25) is 8.98 Å². The van der Waals surface area contributed by atoms with Crippen LogP contribution in [0.5, 0.6) is 0 Å². The van der Waals surface area contributed by atoms with E-state index < -0.39 is 10.1 Å². The van der Waals surface area contributed by atoms with Gasteiger partial charge in [0, 0.05) is 17.0 Å². The number of carbonyl (C=O) groups excluding carboxylic acids is 1. The highest BCUT2D eigenvalue weighted by Gasteiger charge is 2.18. The Morgan fingerprint density at radius 1 is 1.11 bits per heavy atom. The van der Waals surface area contributed by atoms with Crippen molar-refractivity contribution in [2.45, 2.75) is 45.4 Å². The third-order valence-electron chi connectivity index (χ3n) is 6.27. The predicted octanol–water partition coefficient (Wildman–Crippen LogP) is 4.53. The Labute approximate surface area is 226 Å². The Balaban J connectivity index is 1.91. The van der Waals surface area contributed by atoms with Crippen LogP contribution in [0.4, 0.5) is 0 Å². The van der Waals surface area contributed by atoms with Gasteiger partial charge in [-0.05, 0) is 89.0 Å². The minimum atomic E-state index is -3.53. The first kappa shape index (κ1) is 29.5. The van der Waals surface area contributed by atoms with Crippen molar-refractivity contribution < 1.29 is 22.1 Å². The van der Waals surface area contributed by atoms with Gasteiger partial charge in [0.05, 0.1) is 37.3 Å². The second kappa shape index (κ2) is 14.2. The van der Waals surface area contributed by atoms with Gasteiger partial charge in [-0.15, -0.1) is 0 Å². The lowest BCUT2D eigenvalue weighted by atomic mass is 10.0. The van der Waals surface area contributed by atoms with Gasteiger partial charge in [-0.1, -0.05) is 30.3 Å². The molecule has 0 saturated carbocycles. The number of esters is 1. The molecule has 1 N–H and O–H groups in total. The summed E-state index contributed by atoms with van der Waals surface area (Å²) in [6.07, 6.45) is 7.85. The number of benzene rings is 1. The Hall–Kier alpha value is -3.01. The predicted molar refractivity (Wildman–Crippen MR) is 152 cm³/mol. The van der Waals surface area contributed by atoms with Crippen molar-refractivity contribution in [2.24, 2.45) is 4.99 Å². The summed E-state index contributed by atoms with van der Waals surface area (Å²) in [4.78, 5) is 22.5. The molecule has 0 saturated heterocycles. The molecule has 0 aliphatic carbocycles. The molecule has 9 heteroatoms. The van der Waals surface area contributed by atoms with E-state index in [0.29, 0.717) is 25.9 Å². The van der Waals surface area contributed by atoms with Crippen molar-refractivity contribution in [3.05, 3.63) is 76.3 Å². The molecule has 0 radical (unpaired) electrons. The average Bonchev–Trinajstić information content (AvgIpc) is 3.47. The molecule has 1 aliphatic heterocycles. The minimum Gasteiger partial charge on any atom is -0.466 e. The molecule has 0 bridgehead atoms. The van der Waals surface area contributed by atoms with Crippen LogP contribution in [-0.2, 0) is 36.7 Å². The summed E-state index contributed by atoms with van der Waals surface area (Å²) in [5.74, 6) is -0.303. The van der Waals surface area contributed by atoms with Crippen molar-refractivity contribution in [2.75, 3.05) is 40.1 Å². The Kier molecular flexibility index (Phi) is 11.1. The highest BCUT2D eigenvalue weighted by Crippen LogP contribution is 2.29. The van der Waals surface area contributed by atoms with E-state index in [1.807, 2.05) is 30.3 Å². The number of nitrogens with one attached hydrogen (secondary N) is 1. The van der Waals surface area contributed by atoms with E-state index in [1.165, 1.54) is 12.7 Å². The zero-order chi connectivity index (χ0) is 27.5. The summed E-state index contributed by atoms with van der Waals surface area (Å²) in [5.41, 5.74) is 6.82. The fourth-order valence-corrected chi connectivity index (χ4v) is 4.98. The lowest BCUT2D eigenvalue weighted by molar-refractivity contribution is -0.143. The third-order valence-corrected chi connectivity index (χ3v) is 7.57. The topological polar surface area (TPSA) is 101 Å². The summed E-state index contributed by atoms with van der Waals surface area (Å²) in [5, 5.41) is 0. The molecule has 0 unspecified atom stereocenters. The van der Waals surface area contributed by atoms with Crippen molar-refractivity contribution in [1.82, 2.24) is 9.88 Å². The standard InChI is InChI=1S/C29H39N3O5S/c1-5-37-29(33)16-15-25-19-23(14-10-18-38(34,35)36-4)27(30-25)21-28-24(13-9-17-32(2)3)20-26(31-28)22-11-7-6-8-12-22/h6-8,11-12,19-21,30H,5,9-10,13-18H2,1-4H3. The van der Waals surface area contributed by atoms with E-state index in [9.17, 15) is 13.2 Å². The second-order valence-corrected chi connectivity index (χ2v) is 11.4. The van der Waals surface area contributed by atoms with Crippen LogP contribution in [-0.4, -0.2) is 70.1 Å². The molecular weight excluding hydrogens is 502 g/mol. The maximum absolute atomic E-state index is 11.9. The van der Waals surface area contributed by atoms with Crippen molar-refractivity contribution in [3.8, 4) is 0 Å². The van der Waals surface area contributed by atoms with Gasteiger partial charge in [0.25, 0.3) is 10.1 Å². The Morgan fingerprint density at radius 2 is 1.87 bits per heavy atom. The number of aliphatic imine (C=N–C) groups is 1. The first-order valence-electron chi connectivity index (χ1n) is 13.1. The summed E-state index contributed by atoms with van der Waals surface area (Å²) in [7, 11) is 1.79. The van der Waals surface area contributed by atoms with Crippen molar-refractivity contribution in [3.63, 3.8) is 0 Å². The maximum Gasteiger partial charge on any atom is 0.306 e. The van der Waals surface area contributed by atoms with Crippen LogP contribution in [0.2, 0.25) is 0 Å². The zero-order valence-corrected chi connectivity index (χ0v) is 23.6. The molecule has 206 valence electrons. The fraction of sp³-hybridized carbons (Fsp3) is 0.448. The van der Waals surface area contributed by atoms with Crippen LogP contribution >= 0.6 is 0 Å². The number of allylic oxidation sites excluding steroid dienone is 2. The monoisotopic (exact) mass is 541 g/mol. The zero-order valence-electron chi connectivity index (χ0n) is 22.8. The first-order valence-corrected chi connectivity index (χ1v) is 14.6. The average molecular weight is 542 g/mol. The molecule has 1 aliphatic rings. The minimum absolute atomic E-state index is 0.0607. The van der Waals surface area contributed by atoms with Gasteiger partial charge >= 0.3 is 5.97 Å². The smallest absolute Gasteiger partial charge is 0.306 e. The summed E-state index contributed by atoms with van der Waals surface area (Å²) in [6.45, 7) is 3.12. The van der Waals surface area contributed by atoms with E-state index in [-0.39, 0.29) is 18.1 Å². The number of hydrogen-bond donors (Lipinski definition) is 1. The van der Waals surface area contributed by atoms with Crippen molar-refractivity contribution in [1.29, 1.82) is 0 Å². The van der Waals surface area contributed by atoms with Gasteiger partial charge in [-0.2, -0.15) is 8.42 Å². The lowest BCUT2D eigenvalue weighted by Crippen LogP contribution is -2.12. The number of aromatic nitrogens is 1. The van der Waals surface area contributed by atoms with E-state index in [2.05, 4.69) is 46.4 Å². The van der Waals surface area contributed by atoms with E-state index >= 15 is 0 Å². The lowest BCUT2D eigenvalue weighted by Gasteiger charge is -2.10. The summed E-state index contributed by atoms with van der Waals surface area (Å²) in [6, 6.07) is 12.1. The molecule has 3 rings (SSSR count). The van der Waals surface area contributed by atoms with Crippen LogP contribution in [0.15, 0.2) is 58.7 Å². The Bertz CT molecular complexity index is 1270. The molecule has 1 aromatic carbocycles. The highest BCUT2D eigenvalue weighted by molar-refractivity contribution is 7.86. The number of aromatic amines is 1. The van der Waals surface area contributed by atoms with Crippen LogP contribution < -0.4 is 0 Å². The van der Waals surface area contributed by atoms with Gasteiger partial charge in [0.2, 0.25) is 0 Å². The number of nitrogens with zero attached hydrogens (tertiary/aromatic N) is 2. The molecular formula is C29H39N3O5S. The number of rotatable bonds is 15. The Morgan fingerprint density at radius 3 is 2.55 bits per heavy atom. The quantitative estimate of drug-likeness (QED) is 0.263. The normalized spacial score (nSPS) is 14.7. The van der Waals surface area contributed by atoms with E-state index in [1.54, 1.807) is 6.92 Å². The molecule has 0 fully saturated rings. The molecule has 8 nitrogen and oxygen atoms in total. The number of H-pyrrole nitrogens is 1. The third kappa shape index (κ3) is 9.08. The molecule has 2 heterocycles. The van der Waals surface area contributed by atoms with Crippen LogP contribution in [0.3, 0.4) is 0 Å². The van der Waals surface area contributed by atoms with Gasteiger partial charge < -0.3 is 14.6 Å². The van der Waals surface area contributed by atoms with Crippen LogP contribution in [0, 0.1) is 0 Å². The number of hydrogen-bond acceptors (Lipinski definition) is 7. The van der Waals surface area contributed by atoms with Crippen LogP contribution in [0.25, 0.3) is 6.08 Å². The van der Waals surface area contributed by atoms with Gasteiger partial charge in [0.15, 0.2) is 0 Å². The largest absolute Gasteiger partial charge is 0.466 e. The fourth-order valence-electron chi connectivity index (χ4n) is 4.32.